The normalized spacial score (nSPS) is 26.1. The third-order valence-electron chi connectivity index (χ3n) is 7.53. The smallest absolute Gasteiger partial charge is 0.433 e. The van der Waals surface area contributed by atoms with Crippen molar-refractivity contribution in [1.82, 2.24) is 9.88 Å². The van der Waals surface area contributed by atoms with E-state index in [0.717, 1.165) is 37.9 Å². The summed E-state index contributed by atoms with van der Waals surface area (Å²) in [6.45, 7) is 0.879. The quantitative estimate of drug-likeness (QED) is 0.552. The molecule has 11 heteroatoms. The molecule has 0 radical (unpaired) electrons. The van der Waals surface area contributed by atoms with Crippen molar-refractivity contribution < 1.29 is 32.6 Å². The minimum atomic E-state index is -4.53. The molecule has 0 unspecified atom stereocenters. The molecule has 7 nitrogen and oxygen atoms in total. The molecule has 1 aliphatic carbocycles. The van der Waals surface area contributed by atoms with E-state index in [-0.39, 0.29) is 30.2 Å². The van der Waals surface area contributed by atoms with Crippen LogP contribution in [0.4, 0.5) is 23.7 Å². The molecule has 1 saturated heterocycles. The van der Waals surface area contributed by atoms with Gasteiger partial charge in [-0.1, -0.05) is 11.6 Å². The van der Waals surface area contributed by atoms with E-state index in [1.807, 2.05) is 0 Å². The van der Waals surface area contributed by atoms with Gasteiger partial charge in [0, 0.05) is 42.6 Å². The second-order valence-electron chi connectivity index (χ2n) is 9.91. The number of amides is 2. The molecule has 1 saturated carbocycles. The summed E-state index contributed by atoms with van der Waals surface area (Å²) in [7, 11) is 0. The summed E-state index contributed by atoms with van der Waals surface area (Å²) in [6.07, 6.45) is -1.35. The minimum Gasteiger partial charge on any atom is -0.482 e. The number of Topliss-reactive ketones (excluding diaryl/α,β-unsaturated/α-hetero) is 1. The van der Waals surface area contributed by atoms with E-state index in [9.17, 15) is 27.9 Å². The average molecular weight is 538 g/mol. The molecule has 0 bridgehead atoms. The van der Waals surface area contributed by atoms with Gasteiger partial charge in [-0.25, -0.2) is 9.78 Å². The molecule has 3 aliphatic rings. The first kappa shape index (κ1) is 25.8. The van der Waals surface area contributed by atoms with Crippen molar-refractivity contribution in [2.24, 2.45) is 5.92 Å². The lowest BCUT2D eigenvalue weighted by molar-refractivity contribution is -0.141. The van der Waals surface area contributed by atoms with Gasteiger partial charge in [0.25, 0.3) is 0 Å². The van der Waals surface area contributed by atoms with Crippen molar-refractivity contribution >= 4 is 29.1 Å². The maximum Gasteiger partial charge on any atom is 0.433 e. The number of alkyl halides is 3. The summed E-state index contributed by atoms with van der Waals surface area (Å²) in [5, 5.41) is 11.0. The molecule has 2 aliphatic heterocycles. The van der Waals surface area contributed by atoms with Gasteiger partial charge < -0.3 is 14.7 Å². The monoisotopic (exact) mass is 537 g/mol. The van der Waals surface area contributed by atoms with Gasteiger partial charge in [-0.15, -0.1) is 0 Å². The molecule has 1 N–H and O–H groups in total. The lowest BCUT2D eigenvalue weighted by atomic mass is 9.81. The van der Waals surface area contributed by atoms with Gasteiger partial charge in [0.05, 0.1) is 18.0 Å². The first-order chi connectivity index (χ1) is 17.6. The number of ketones is 1. The molecular weight excluding hydrogens is 511 g/mol. The van der Waals surface area contributed by atoms with Gasteiger partial charge in [-0.05, 0) is 61.9 Å². The molecule has 2 fully saturated rings. The first-order valence-corrected chi connectivity index (χ1v) is 12.8. The fraction of sp³-hybridized carbons (Fsp3) is 0.500. The zero-order valence-corrected chi connectivity index (χ0v) is 20.7. The van der Waals surface area contributed by atoms with Gasteiger partial charge in [0.2, 0.25) is 0 Å². The molecule has 2 aromatic rings. The Morgan fingerprint density at radius 2 is 1.89 bits per heavy atom. The van der Waals surface area contributed by atoms with E-state index in [2.05, 4.69) is 4.98 Å². The van der Waals surface area contributed by atoms with E-state index in [1.54, 1.807) is 23.1 Å². The highest BCUT2D eigenvalue weighted by atomic mass is 35.5. The summed E-state index contributed by atoms with van der Waals surface area (Å²) in [4.78, 5) is 32.7. The van der Waals surface area contributed by atoms with Crippen LogP contribution in [0.25, 0.3) is 0 Å². The number of fused-ring (bicyclic) bond motifs is 1. The van der Waals surface area contributed by atoms with Crippen molar-refractivity contribution in [3.05, 3.63) is 52.8 Å². The number of halogens is 4. The van der Waals surface area contributed by atoms with Gasteiger partial charge in [0.1, 0.15) is 11.4 Å². The fourth-order valence-electron chi connectivity index (χ4n) is 5.54. The average Bonchev–Trinajstić information content (AvgIpc) is 3.25. The van der Waals surface area contributed by atoms with Crippen LogP contribution in [0.2, 0.25) is 5.02 Å². The second-order valence-corrected chi connectivity index (χ2v) is 10.3. The standard InChI is InChI=1S/C26H27ClF3N3O4/c27-16-3-7-22-19(12-16)20(34)13-23(37-22)21(35)11-15-1-4-17(5-2-15)32-9-10-33(25(32)36)18-6-8-24(31-14-18)26(28,29)30/h3,6-8,12,14-15,17,20,23,34H,1-2,4-5,9-11,13H2/t15?,17?,20-,23-/m1/s1. The van der Waals surface area contributed by atoms with Crippen molar-refractivity contribution in [3.8, 4) is 5.75 Å². The third kappa shape index (κ3) is 5.40. The van der Waals surface area contributed by atoms with Gasteiger partial charge >= 0.3 is 12.2 Å². The van der Waals surface area contributed by atoms with Crippen molar-refractivity contribution in [2.75, 3.05) is 18.0 Å². The Kier molecular flexibility index (Phi) is 7.06. The van der Waals surface area contributed by atoms with Crippen LogP contribution in [0.5, 0.6) is 5.75 Å². The molecule has 1 aromatic carbocycles. The number of pyridine rings is 1. The highest BCUT2D eigenvalue weighted by Gasteiger charge is 2.39. The zero-order chi connectivity index (χ0) is 26.3. The number of aliphatic hydroxyl groups is 1. The number of urea groups is 1. The lowest BCUT2D eigenvalue weighted by Crippen LogP contribution is -2.42. The van der Waals surface area contributed by atoms with Crippen LogP contribution in [0.3, 0.4) is 0 Å². The van der Waals surface area contributed by atoms with Crippen LogP contribution in [-0.4, -0.2) is 52.0 Å². The molecule has 1 aromatic heterocycles. The van der Waals surface area contributed by atoms with Gasteiger partial charge in [-0.2, -0.15) is 13.2 Å². The van der Waals surface area contributed by atoms with Gasteiger partial charge in [-0.3, -0.25) is 9.69 Å². The fourth-order valence-corrected chi connectivity index (χ4v) is 5.72. The van der Waals surface area contributed by atoms with E-state index < -0.39 is 24.1 Å². The van der Waals surface area contributed by atoms with Crippen molar-refractivity contribution in [2.45, 2.75) is 63.0 Å². The molecule has 0 spiro atoms. The largest absolute Gasteiger partial charge is 0.482 e. The number of hydrogen-bond donors (Lipinski definition) is 1. The number of carbonyl (C=O) groups excluding carboxylic acids is 2. The number of ether oxygens (including phenoxy) is 1. The molecule has 2 atom stereocenters. The number of carbonyl (C=O) groups is 2. The highest BCUT2D eigenvalue weighted by Crippen LogP contribution is 2.38. The van der Waals surface area contributed by atoms with Crippen molar-refractivity contribution in [1.29, 1.82) is 0 Å². The Bertz CT molecular complexity index is 1170. The summed E-state index contributed by atoms with van der Waals surface area (Å²) in [5.74, 6) is 0.607. The molecule has 5 rings (SSSR count). The molecule has 198 valence electrons. The predicted octanol–water partition coefficient (Wildman–Crippen LogP) is 5.40. The van der Waals surface area contributed by atoms with E-state index >= 15 is 0 Å². The molecule has 3 heterocycles. The predicted molar refractivity (Wildman–Crippen MR) is 130 cm³/mol. The number of benzene rings is 1. The number of rotatable bonds is 5. The Labute approximate surface area is 217 Å². The zero-order valence-electron chi connectivity index (χ0n) is 20.0. The Hall–Kier alpha value is -2.85. The highest BCUT2D eigenvalue weighted by molar-refractivity contribution is 6.30. The van der Waals surface area contributed by atoms with Crippen LogP contribution < -0.4 is 9.64 Å². The number of hydrogen-bond acceptors (Lipinski definition) is 5. The van der Waals surface area contributed by atoms with Crippen LogP contribution >= 0.6 is 11.6 Å². The third-order valence-corrected chi connectivity index (χ3v) is 7.77. The van der Waals surface area contributed by atoms with Crippen LogP contribution in [0.15, 0.2) is 36.5 Å². The number of anilines is 1. The summed E-state index contributed by atoms with van der Waals surface area (Å²) < 4.78 is 44.2. The first-order valence-electron chi connectivity index (χ1n) is 12.4. The summed E-state index contributed by atoms with van der Waals surface area (Å²) in [6, 6.07) is 6.93. The minimum absolute atomic E-state index is 0.0237. The SMILES string of the molecule is O=C(CC1CCC(N2CCN(c3ccc(C(F)(F)F)nc3)C2=O)CC1)[C@H]1C[C@@H](O)c2cc(Cl)ccc2O1. The maximum absolute atomic E-state index is 13.0. The molecule has 37 heavy (non-hydrogen) atoms. The van der Waals surface area contributed by atoms with Crippen molar-refractivity contribution in [3.63, 3.8) is 0 Å². The van der Waals surface area contributed by atoms with E-state index in [1.165, 1.54) is 11.0 Å². The Balaban J connectivity index is 1.13. The molecular formula is C26H27ClF3N3O4. The van der Waals surface area contributed by atoms with Crippen LogP contribution in [0.1, 0.15) is 55.9 Å². The van der Waals surface area contributed by atoms with Gasteiger partial charge in [0.15, 0.2) is 11.9 Å². The second kappa shape index (κ2) is 10.1. The number of nitrogens with zero attached hydrogens (tertiary/aromatic N) is 3. The van der Waals surface area contributed by atoms with E-state index in [4.69, 9.17) is 16.3 Å². The van der Waals surface area contributed by atoms with E-state index in [0.29, 0.717) is 41.5 Å². The summed E-state index contributed by atoms with van der Waals surface area (Å²) in [5.41, 5.74) is -0.0545. The summed E-state index contributed by atoms with van der Waals surface area (Å²) >= 11 is 6.00. The maximum atomic E-state index is 13.0. The Morgan fingerprint density at radius 1 is 1.14 bits per heavy atom. The van der Waals surface area contributed by atoms with Crippen LogP contribution in [0, 0.1) is 5.92 Å². The topological polar surface area (TPSA) is 83.0 Å². The van der Waals surface area contributed by atoms with Crippen LogP contribution in [-0.2, 0) is 11.0 Å². The number of aliphatic hydroxyl groups excluding tert-OH is 1. The Morgan fingerprint density at radius 3 is 2.57 bits per heavy atom. The molecule has 2 amide bonds. The lowest BCUT2D eigenvalue weighted by Gasteiger charge is -2.35. The number of aromatic nitrogens is 1.